The quantitative estimate of drug-likeness (QED) is 0.896. The van der Waals surface area contributed by atoms with Crippen LogP contribution in [0.3, 0.4) is 0 Å². The lowest BCUT2D eigenvalue weighted by Gasteiger charge is -2.30. The van der Waals surface area contributed by atoms with Gasteiger partial charge in [0.15, 0.2) is 5.58 Å². The zero-order valence-corrected chi connectivity index (χ0v) is 11.8. The van der Waals surface area contributed by atoms with Gasteiger partial charge in [0.25, 0.3) is 6.01 Å². The van der Waals surface area contributed by atoms with Gasteiger partial charge in [-0.1, -0.05) is 32.9 Å². The van der Waals surface area contributed by atoms with Crippen molar-refractivity contribution in [1.29, 1.82) is 0 Å². The summed E-state index contributed by atoms with van der Waals surface area (Å²) in [6.07, 6.45) is -0.793. The number of anilines is 1. The number of hydrogen-bond acceptors (Lipinski definition) is 5. The molecule has 6 nitrogen and oxygen atoms in total. The summed E-state index contributed by atoms with van der Waals surface area (Å²) in [5, 5.41) is 3.15. The van der Waals surface area contributed by atoms with E-state index in [1.54, 1.807) is 0 Å². The van der Waals surface area contributed by atoms with E-state index in [-0.39, 0.29) is 18.1 Å². The van der Waals surface area contributed by atoms with Crippen LogP contribution in [0.4, 0.5) is 10.8 Å². The van der Waals surface area contributed by atoms with Gasteiger partial charge >= 0.3 is 6.09 Å². The Kier molecular flexibility index (Phi) is 3.83. The van der Waals surface area contributed by atoms with Crippen LogP contribution in [0.15, 0.2) is 28.7 Å². The second-order valence-electron chi connectivity index (χ2n) is 5.68. The van der Waals surface area contributed by atoms with Crippen molar-refractivity contribution in [2.45, 2.75) is 26.8 Å². The molecule has 6 heteroatoms. The average Bonchev–Trinajstić information content (AvgIpc) is 2.75. The maximum Gasteiger partial charge on any atom is 0.404 e. The normalized spacial score (nSPS) is 13.2. The second-order valence-corrected chi connectivity index (χ2v) is 5.68. The topological polar surface area (TPSA) is 90.4 Å². The van der Waals surface area contributed by atoms with E-state index in [0.29, 0.717) is 11.6 Å². The molecular formula is C14H19N3O3. The maximum atomic E-state index is 10.8. The lowest BCUT2D eigenvalue weighted by atomic mass is 9.87. The van der Waals surface area contributed by atoms with Gasteiger partial charge in [-0.15, -0.1) is 0 Å². The maximum absolute atomic E-state index is 10.8. The van der Waals surface area contributed by atoms with Gasteiger partial charge in [0.1, 0.15) is 12.1 Å². The van der Waals surface area contributed by atoms with Crippen molar-refractivity contribution < 1.29 is 13.9 Å². The minimum Gasteiger partial charge on any atom is -0.448 e. The van der Waals surface area contributed by atoms with E-state index in [9.17, 15) is 4.79 Å². The first-order valence-electron chi connectivity index (χ1n) is 6.40. The molecule has 108 valence electrons. The SMILES string of the molecule is CC(C)(C)C(COC(N)=O)Nc1nc2ccccc2o1. The Balaban J connectivity index is 2.16. The fourth-order valence-electron chi connectivity index (χ4n) is 1.76. The zero-order chi connectivity index (χ0) is 14.8. The summed E-state index contributed by atoms with van der Waals surface area (Å²) in [7, 11) is 0. The molecule has 0 bridgehead atoms. The van der Waals surface area contributed by atoms with Crippen molar-refractivity contribution in [3.05, 3.63) is 24.3 Å². The van der Waals surface area contributed by atoms with E-state index in [0.717, 1.165) is 5.52 Å². The van der Waals surface area contributed by atoms with Gasteiger partial charge in [-0.3, -0.25) is 0 Å². The number of benzene rings is 1. The van der Waals surface area contributed by atoms with Crippen molar-refractivity contribution in [2.75, 3.05) is 11.9 Å². The Morgan fingerprint density at radius 2 is 2.15 bits per heavy atom. The number of nitrogens with one attached hydrogen (secondary N) is 1. The minimum atomic E-state index is -0.793. The number of oxazole rings is 1. The number of rotatable bonds is 4. The van der Waals surface area contributed by atoms with Crippen molar-refractivity contribution in [1.82, 2.24) is 4.98 Å². The molecule has 1 heterocycles. The molecule has 0 radical (unpaired) electrons. The number of hydrogen-bond donors (Lipinski definition) is 2. The Morgan fingerprint density at radius 3 is 2.75 bits per heavy atom. The molecule has 1 aromatic heterocycles. The summed E-state index contributed by atoms with van der Waals surface area (Å²) >= 11 is 0. The summed E-state index contributed by atoms with van der Waals surface area (Å²) in [5.74, 6) is 0. The van der Waals surface area contributed by atoms with Gasteiger partial charge in [-0.2, -0.15) is 4.98 Å². The number of fused-ring (bicyclic) bond motifs is 1. The number of nitrogens with zero attached hydrogens (tertiary/aromatic N) is 1. The van der Waals surface area contributed by atoms with Crippen LogP contribution in [0.1, 0.15) is 20.8 Å². The van der Waals surface area contributed by atoms with Crippen LogP contribution in [0, 0.1) is 5.41 Å². The highest BCUT2D eigenvalue weighted by Crippen LogP contribution is 2.25. The molecule has 3 N–H and O–H groups in total. The molecule has 1 unspecified atom stereocenters. The lowest BCUT2D eigenvalue weighted by Crippen LogP contribution is -2.39. The van der Waals surface area contributed by atoms with E-state index >= 15 is 0 Å². The van der Waals surface area contributed by atoms with E-state index in [1.807, 2.05) is 45.0 Å². The van der Waals surface area contributed by atoms with Crippen LogP contribution in [0.25, 0.3) is 11.1 Å². The molecule has 20 heavy (non-hydrogen) atoms. The van der Waals surface area contributed by atoms with Crippen LogP contribution < -0.4 is 11.1 Å². The van der Waals surface area contributed by atoms with Gasteiger partial charge < -0.3 is 20.2 Å². The summed E-state index contributed by atoms with van der Waals surface area (Å²) in [6.45, 7) is 6.23. The molecule has 0 aliphatic heterocycles. The monoisotopic (exact) mass is 277 g/mol. The number of nitrogens with two attached hydrogens (primary N) is 1. The minimum absolute atomic E-state index is 0.150. The van der Waals surface area contributed by atoms with Gasteiger partial charge in [0.2, 0.25) is 0 Å². The molecule has 1 amide bonds. The van der Waals surface area contributed by atoms with Crippen LogP contribution in [-0.4, -0.2) is 23.7 Å². The number of amides is 1. The van der Waals surface area contributed by atoms with Crippen molar-refractivity contribution in [2.24, 2.45) is 11.1 Å². The van der Waals surface area contributed by atoms with Gasteiger partial charge in [0, 0.05) is 0 Å². The number of carbonyl (C=O) groups is 1. The molecular weight excluding hydrogens is 258 g/mol. The highest BCUT2D eigenvalue weighted by Gasteiger charge is 2.27. The van der Waals surface area contributed by atoms with Gasteiger partial charge in [0.05, 0.1) is 6.04 Å². The Labute approximate surface area is 117 Å². The third-order valence-corrected chi connectivity index (χ3v) is 3.03. The fraction of sp³-hybridized carbons (Fsp3) is 0.429. The van der Waals surface area contributed by atoms with Crippen molar-refractivity contribution in [3.8, 4) is 0 Å². The zero-order valence-electron chi connectivity index (χ0n) is 11.8. The number of aromatic nitrogens is 1. The largest absolute Gasteiger partial charge is 0.448 e. The highest BCUT2D eigenvalue weighted by molar-refractivity contribution is 5.74. The molecule has 0 fully saturated rings. The molecule has 1 atom stereocenters. The Hall–Kier alpha value is -2.24. The van der Waals surface area contributed by atoms with E-state index in [1.165, 1.54) is 0 Å². The standard InChI is InChI=1S/C14H19N3O3/c1-14(2,3)11(8-19-12(15)18)17-13-16-9-6-4-5-7-10(9)20-13/h4-7,11H,8H2,1-3H3,(H2,15,18)(H,16,17). The molecule has 0 spiro atoms. The summed E-state index contributed by atoms with van der Waals surface area (Å²) in [5.41, 5.74) is 6.34. The van der Waals surface area contributed by atoms with E-state index in [2.05, 4.69) is 10.3 Å². The molecule has 0 aliphatic carbocycles. The number of ether oxygens (including phenoxy) is 1. The fourth-order valence-corrected chi connectivity index (χ4v) is 1.76. The predicted octanol–water partition coefficient (Wildman–Crippen LogP) is 2.75. The summed E-state index contributed by atoms with van der Waals surface area (Å²) in [4.78, 5) is 15.1. The van der Waals surface area contributed by atoms with Crippen LogP contribution >= 0.6 is 0 Å². The summed E-state index contributed by atoms with van der Waals surface area (Å²) in [6, 6.07) is 7.73. The lowest BCUT2D eigenvalue weighted by molar-refractivity contribution is 0.132. The van der Waals surface area contributed by atoms with Crippen LogP contribution in [0.2, 0.25) is 0 Å². The first kappa shape index (κ1) is 14.2. The Morgan fingerprint density at radius 1 is 1.45 bits per heavy atom. The number of carbonyl (C=O) groups excluding carboxylic acids is 1. The van der Waals surface area contributed by atoms with Gasteiger partial charge in [-0.05, 0) is 17.5 Å². The molecule has 0 aliphatic rings. The smallest absolute Gasteiger partial charge is 0.404 e. The number of primary amides is 1. The van der Waals surface area contributed by atoms with Crippen molar-refractivity contribution in [3.63, 3.8) is 0 Å². The molecule has 1 aromatic carbocycles. The molecule has 0 saturated heterocycles. The molecule has 2 aromatic rings. The first-order chi connectivity index (χ1) is 9.36. The third kappa shape index (κ3) is 3.40. The second kappa shape index (κ2) is 5.40. The van der Waals surface area contributed by atoms with Crippen LogP contribution in [0.5, 0.6) is 0 Å². The average molecular weight is 277 g/mol. The highest BCUT2D eigenvalue weighted by atomic mass is 16.5. The van der Waals surface area contributed by atoms with E-state index in [4.69, 9.17) is 14.9 Å². The molecule has 2 rings (SSSR count). The molecule has 0 saturated carbocycles. The van der Waals surface area contributed by atoms with Crippen molar-refractivity contribution >= 4 is 23.2 Å². The van der Waals surface area contributed by atoms with Gasteiger partial charge in [-0.25, -0.2) is 4.79 Å². The first-order valence-corrected chi connectivity index (χ1v) is 6.40. The predicted molar refractivity (Wildman–Crippen MR) is 76.4 cm³/mol. The third-order valence-electron chi connectivity index (χ3n) is 3.03. The summed E-state index contributed by atoms with van der Waals surface area (Å²) < 4.78 is 10.5. The van der Waals surface area contributed by atoms with E-state index < -0.39 is 6.09 Å². The Bertz CT molecular complexity index is 568. The number of para-hydroxylation sites is 2. The van der Waals surface area contributed by atoms with Crippen LogP contribution in [-0.2, 0) is 4.74 Å².